The molecule has 1 N–H and O–H groups in total. The van der Waals surface area contributed by atoms with Gasteiger partial charge in [0, 0.05) is 32.7 Å². The summed E-state index contributed by atoms with van der Waals surface area (Å²) in [4.78, 5) is 28.8. The number of piperazine rings is 1. The van der Waals surface area contributed by atoms with Crippen molar-refractivity contribution in [3.05, 3.63) is 12.7 Å². The van der Waals surface area contributed by atoms with Crippen molar-refractivity contribution in [2.24, 2.45) is 0 Å². The summed E-state index contributed by atoms with van der Waals surface area (Å²) in [6.45, 7) is 8.36. The van der Waals surface area contributed by atoms with Crippen LogP contribution in [0.2, 0.25) is 0 Å². The molecule has 3 amide bonds. The number of likely N-dealkylation sites (tertiary alicyclic amines) is 1. The molecule has 2 heterocycles. The molecule has 0 saturated carbocycles. The molecule has 0 aliphatic carbocycles. The van der Waals surface area contributed by atoms with Crippen molar-refractivity contribution >= 4 is 11.9 Å². The van der Waals surface area contributed by atoms with Crippen LogP contribution >= 0.6 is 0 Å². The minimum atomic E-state index is -0.768. The lowest BCUT2D eigenvalue weighted by molar-refractivity contribution is -0.127. The molecule has 6 nitrogen and oxygen atoms in total. The Morgan fingerprint density at radius 2 is 1.68 bits per heavy atom. The number of urea groups is 1. The minimum absolute atomic E-state index is 0.0384. The van der Waals surface area contributed by atoms with Crippen LogP contribution in [0.3, 0.4) is 0 Å². The summed E-state index contributed by atoms with van der Waals surface area (Å²) in [6, 6.07) is -0.0384. The van der Waals surface area contributed by atoms with Gasteiger partial charge in [-0.3, -0.25) is 4.79 Å². The lowest BCUT2D eigenvalue weighted by Crippen LogP contribution is -2.53. The average molecular weight is 267 g/mol. The smallest absolute Gasteiger partial charge is 0.320 e. The van der Waals surface area contributed by atoms with Gasteiger partial charge in [0.15, 0.2) is 0 Å². The quantitative estimate of drug-likeness (QED) is 0.674. The minimum Gasteiger partial charge on any atom is -0.388 e. The maximum atomic E-state index is 12.3. The van der Waals surface area contributed by atoms with Gasteiger partial charge in [-0.1, -0.05) is 6.58 Å². The van der Waals surface area contributed by atoms with Crippen LogP contribution < -0.4 is 0 Å². The van der Waals surface area contributed by atoms with Gasteiger partial charge in [-0.2, -0.15) is 0 Å². The Labute approximate surface area is 113 Å². The highest BCUT2D eigenvalue weighted by Gasteiger charge is 2.36. The van der Waals surface area contributed by atoms with Crippen LogP contribution in [0.1, 0.15) is 13.3 Å². The lowest BCUT2D eigenvalue weighted by Gasteiger charge is -2.36. The fourth-order valence-corrected chi connectivity index (χ4v) is 2.56. The van der Waals surface area contributed by atoms with Gasteiger partial charge < -0.3 is 19.8 Å². The number of carbonyl (C=O) groups is 2. The van der Waals surface area contributed by atoms with Crippen molar-refractivity contribution in [2.75, 3.05) is 39.3 Å². The Bertz CT molecular complexity index is 387. The molecule has 2 saturated heterocycles. The zero-order valence-corrected chi connectivity index (χ0v) is 11.3. The lowest BCUT2D eigenvalue weighted by atomic mass is 10.1. The third-order valence-corrected chi connectivity index (χ3v) is 3.76. The number of carbonyl (C=O) groups excluding carboxylic acids is 2. The van der Waals surface area contributed by atoms with Crippen molar-refractivity contribution in [3.8, 4) is 0 Å². The Morgan fingerprint density at radius 3 is 2.16 bits per heavy atom. The van der Waals surface area contributed by atoms with Gasteiger partial charge in [0.25, 0.3) is 0 Å². The second kappa shape index (κ2) is 5.21. The molecule has 1 atom stereocenters. The highest BCUT2D eigenvalue weighted by Crippen LogP contribution is 2.21. The first-order chi connectivity index (χ1) is 8.93. The fourth-order valence-electron chi connectivity index (χ4n) is 2.56. The Hall–Kier alpha value is -1.56. The first-order valence-corrected chi connectivity index (χ1v) is 6.60. The van der Waals surface area contributed by atoms with Crippen molar-refractivity contribution in [1.29, 1.82) is 0 Å². The van der Waals surface area contributed by atoms with Crippen LogP contribution in [-0.4, -0.2) is 76.6 Å². The largest absolute Gasteiger partial charge is 0.388 e. The van der Waals surface area contributed by atoms with Crippen molar-refractivity contribution in [2.45, 2.75) is 18.9 Å². The first-order valence-electron chi connectivity index (χ1n) is 6.60. The molecule has 0 aromatic heterocycles. The highest BCUT2D eigenvalue weighted by molar-refractivity contribution is 5.87. The van der Waals surface area contributed by atoms with Crippen molar-refractivity contribution in [3.63, 3.8) is 0 Å². The van der Waals surface area contributed by atoms with Crippen molar-refractivity contribution in [1.82, 2.24) is 14.7 Å². The van der Waals surface area contributed by atoms with E-state index in [2.05, 4.69) is 6.58 Å². The monoisotopic (exact) mass is 267 g/mol. The van der Waals surface area contributed by atoms with Crippen molar-refractivity contribution < 1.29 is 14.7 Å². The summed E-state index contributed by atoms with van der Waals surface area (Å²) in [5, 5.41) is 9.88. The number of nitrogens with zero attached hydrogens (tertiary/aromatic N) is 3. The Balaban J connectivity index is 1.86. The SMILES string of the molecule is C=CC(=O)N1CCN(C(=O)N2CCC(C)(O)C2)CC1. The van der Waals surface area contributed by atoms with Crippen LogP contribution in [-0.2, 0) is 4.79 Å². The Morgan fingerprint density at radius 1 is 1.11 bits per heavy atom. The van der Waals surface area contributed by atoms with E-state index in [9.17, 15) is 14.7 Å². The standard InChI is InChI=1S/C13H21N3O3/c1-3-11(17)14-6-8-15(9-7-14)12(18)16-5-4-13(2,19)10-16/h3,19H,1,4-10H2,2H3. The van der Waals surface area contributed by atoms with E-state index in [-0.39, 0.29) is 11.9 Å². The molecule has 6 heteroatoms. The molecule has 1 unspecified atom stereocenters. The molecule has 2 rings (SSSR count). The topological polar surface area (TPSA) is 64.1 Å². The van der Waals surface area contributed by atoms with E-state index < -0.39 is 5.60 Å². The number of amides is 3. The van der Waals surface area contributed by atoms with Crippen LogP contribution in [0.4, 0.5) is 4.79 Å². The molecule has 0 radical (unpaired) electrons. The van der Waals surface area contributed by atoms with Gasteiger partial charge >= 0.3 is 6.03 Å². The number of hydrogen-bond acceptors (Lipinski definition) is 3. The summed E-state index contributed by atoms with van der Waals surface area (Å²) in [5.74, 6) is -0.0868. The van der Waals surface area contributed by atoms with E-state index in [0.717, 1.165) is 0 Å². The molecule has 2 aliphatic rings. The van der Waals surface area contributed by atoms with E-state index in [0.29, 0.717) is 45.7 Å². The van der Waals surface area contributed by atoms with Crippen LogP contribution in [0, 0.1) is 0 Å². The molecule has 2 aliphatic heterocycles. The molecule has 0 aromatic rings. The molecule has 0 spiro atoms. The molecular formula is C13H21N3O3. The third-order valence-electron chi connectivity index (χ3n) is 3.76. The number of aliphatic hydroxyl groups is 1. The zero-order chi connectivity index (χ0) is 14.0. The summed E-state index contributed by atoms with van der Waals surface area (Å²) < 4.78 is 0. The van der Waals surface area contributed by atoms with E-state index in [1.54, 1.807) is 21.6 Å². The highest BCUT2D eigenvalue weighted by atomic mass is 16.3. The maximum absolute atomic E-state index is 12.3. The van der Waals surface area contributed by atoms with Crippen LogP contribution in [0.25, 0.3) is 0 Å². The van der Waals surface area contributed by atoms with Gasteiger partial charge in [-0.05, 0) is 19.4 Å². The molecule has 0 bridgehead atoms. The first kappa shape index (κ1) is 13.9. The summed E-state index contributed by atoms with van der Waals surface area (Å²) in [5.41, 5.74) is -0.768. The predicted octanol–water partition coefficient (Wildman–Crippen LogP) is -0.107. The Kier molecular flexibility index (Phi) is 3.80. The second-order valence-corrected chi connectivity index (χ2v) is 5.47. The molecular weight excluding hydrogens is 246 g/mol. The van der Waals surface area contributed by atoms with Gasteiger partial charge in [0.1, 0.15) is 0 Å². The fraction of sp³-hybridized carbons (Fsp3) is 0.692. The van der Waals surface area contributed by atoms with E-state index in [1.807, 2.05) is 0 Å². The van der Waals surface area contributed by atoms with Gasteiger partial charge in [-0.15, -0.1) is 0 Å². The van der Waals surface area contributed by atoms with Gasteiger partial charge in [-0.25, -0.2) is 4.79 Å². The summed E-state index contributed by atoms with van der Waals surface area (Å²) in [6.07, 6.45) is 1.92. The van der Waals surface area contributed by atoms with Crippen LogP contribution in [0.15, 0.2) is 12.7 Å². The van der Waals surface area contributed by atoms with E-state index >= 15 is 0 Å². The second-order valence-electron chi connectivity index (χ2n) is 5.47. The zero-order valence-electron chi connectivity index (χ0n) is 11.3. The maximum Gasteiger partial charge on any atom is 0.320 e. The molecule has 19 heavy (non-hydrogen) atoms. The van der Waals surface area contributed by atoms with Gasteiger partial charge in [0.05, 0.1) is 12.1 Å². The number of β-amino-alcohol motifs (C(OH)–C–C–N with tert-alkyl or cyclic N) is 1. The molecule has 106 valence electrons. The molecule has 2 fully saturated rings. The van der Waals surface area contributed by atoms with E-state index in [1.165, 1.54) is 6.08 Å². The molecule has 0 aromatic carbocycles. The summed E-state index contributed by atoms with van der Waals surface area (Å²) in [7, 11) is 0. The third kappa shape index (κ3) is 3.07. The average Bonchev–Trinajstić information content (AvgIpc) is 2.77. The predicted molar refractivity (Wildman–Crippen MR) is 70.6 cm³/mol. The van der Waals surface area contributed by atoms with E-state index in [4.69, 9.17) is 0 Å². The number of rotatable bonds is 1. The number of hydrogen-bond donors (Lipinski definition) is 1. The van der Waals surface area contributed by atoms with Gasteiger partial charge in [0.2, 0.25) is 5.91 Å². The normalized spacial score (nSPS) is 27.6. The summed E-state index contributed by atoms with van der Waals surface area (Å²) >= 11 is 0. The van der Waals surface area contributed by atoms with Crippen LogP contribution in [0.5, 0.6) is 0 Å².